The van der Waals surface area contributed by atoms with Gasteiger partial charge in [-0.05, 0) is 31.9 Å². The zero-order valence-corrected chi connectivity index (χ0v) is 18.7. The summed E-state index contributed by atoms with van der Waals surface area (Å²) < 4.78 is 0. The molecule has 0 fully saturated rings. The predicted octanol–water partition coefficient (Wildman–Crippen LogP) is 4.28. The van der Waals surface area contributed by atoms with Crippen molar-refractivity contribution in [2.45, 2.75) is 52.7 Å². The molecule has 0 aromatic heterocycles. The molecule has 0 saturated heterocycles. The first-order valence-corrected chi connectivity index (χ1v) is 10.7. The fourth-order valence-electron chi connectivity index (χ4n) is 3.81. The van der Waals surface area contributed by atoms with Gasteiger partial charge in [-0.1, -0.05) is 62.9 Å². The Morgan fingerprint density at radius 2 is 1.70 bits per heavy atom. The second kappa shape index (κ2) is 9.37. The molecular formula is C25H35N5. The maximum absolute atomic E-state index is 6.81. The molecule has 3 rings (SSSR count). The molecule has 0 unspecified atom stereocenters. The number of benzene rings is 2. The molecule has 1 aliphatic rings. The first-order chi connectivity index (χ1) is 14.3. The summed E-state index contributed by atoms with van der Waals surface area (Å²) in [6.45, 7) is 14.5. The van der Waals surface area contributed by atoms with Gasteiger partial charge in [0.05, 0.1) is 17.1 Å². The Morgan fingerprint density at radius 3 is 2.37 bits per heavy atom. The topological polar surface area (TPSA) is 70.5 Å². The number of nitrogens with zero attached hydrogens (tertiary/aromatic N) is 2. The molecule has 1 aliphatic heterocycles. The monoisotopic (exact) mass is 405 g/mol. The van der Waals surface area contributed by atoms with E-state index in [-0.39, 0.29) is 6.04 Å². The second-order valence-electron chi connectivity index (χ2n) is 8.45. The third-order valence-electron chi connectivity index (χ3n) is 5.50. The highest BCUT2D eigenvalue weighted by molar-refractivity contribution is 5.94. The third-order valence-corrected chi connectivity index (χ3v) is 5.50. The van der Waals surface area contributed by atoms with Gasteiger partial charge >= 0.3 is 0 Å². The van der Waals surface area contributed by atoms with E-state index in [0.717, 1.165) is 47.7 Å². The van der Waals surface area contributed by atoms with Crippen LogP contribution in [0.5, 0.6) is 0 Å². The average molecular weight is 406 g/mol. The van der Waals surface area contributed by atoms with Crippen molar-refractivity contribution >= 4 is 17.1 Å². The normalized spacial score (nSPS) is 16.2. The number of fused-ring (bicyclic) bond motifs is 2. The van der Waals surface area contributed by atoms with Crippen LogP contribution in [0.3, 0.4) is 0 Å². The fourth-order valence-corrected chi connectivity index (χ4v) is 3.81. The maximum atomic E-state index is 6.81. The molecule has 2 aromatic rings. The van der Waals surface area contributed by atoms with Crippen molar-refractivity contribution in [1.82, 2.24) is 10.3 Å². The summed E-state index contributed by atoms with van der Waals surface area (Å²) in [6, 6.07) is 17.2. The van der Waals surface area contributed by atoms with Crippen molar-refractivity contribution in [2.24, 2.45) is 11.6 Å². The fraction of sp³-hybridized carbons (Fsp3) is 0.360. The summed E-state index contributed by atoms with van der Waals surface area (Å²) in [5, 5.41) is 5.26. The predicted molar refractivity (Wildman–Crippen MR) is 128 cm³/mol. The van der Waals surface area contributed by atoms with Gasteiger partial charge in [-0.15, -0.1) is 0 Å². The second-order valence-corrected chi connectivity index (χ2v) is 8.45. The molecule has 5 nitrogen and oxygen atoms in total. The van der Waals surface area contributed by atoms with E-state index < -0.39 is 0 Å². The number of nitrogens with two attached hydrogens (primary N) is 2. The van der Waals surface area contributed by atoms with E-state index in [4.69, 9.17) is 11.6 Å². The van der Waals surface area contributed by atoms with Crippen molar-refractivity contribution < 1.29 is 0 Å². The van der Waals surface area contributed by atoms with Gasteiger partial charge in [0.2, 0.25) is 0 Å². The molecule has 0 aliphatic carbocycles. The number of para-hydroxylation sites is 1. The van der Waals surface area contributed by atoms with Gasteiger partial charge in [-0.2, -0.15) is 0 Å². The van der Waals surface area contributed by atoms with Gasteiger partial charge in [0, 0.05) is 42.0 Å². The van der Waals surface area contributed by atoms with Crippen molar-refractivity contribution in [3.63, 3.8) is 0 Å². The lowest BCUT2D eigenvalue weighted by molar-refractivity contribution is 0.343. The highest BCUT2D eigenvalue weighted by atomic mass is 15.4. The van der Waals surface area contributed by atoms with E-state index in [2.05, 4.69) is 80.9 Å². The first kappa shape index (κ1) is 21.9. The quantitative estimate of drug-likeness (QED) is 0.474. The Bertz CT molecular complexity index is 929. The van der Waals surface area contributed by atoms with Crippen molar-refractivity contribution in [1.29, 1.82) is 0 Å². The van der Waals surface area contributed by atoms with Gasteiger partial charge in [-0.3, -0.25) is 0 Å². The molecule has 5 N–H and O–H groups in total. The Hall–Kier alpha value is -2.76. The summed E-state index contributed by atoms with van der Waals surface area (Å²) in [7, 11) is 0. The minimum absolute atomic E-state index is 0.117. The number of hydrazine groups is 1. The Balaban J connectivity index is 2.14. The molecule has 0 atom stereocenters. The lowest BCUT2D eigenvalue weighted by Gasteiger charge is -2.36. The molecule has 0 radical (unpaired) electrons. The number of hydrogen-bond donors (Lipinski definition) is 3. The van der Waals surface area contributed by atoms with E-state index in [1.165, 1.54) is 5.56 Å². The van der Waals surface area contributed by atoms with Crippen molar-refractivity contribution in [3.05, 3.63) is 77.5 Å². The highest BCUT2D eigenvalue weighted by Gasteiger charge is 2.26. The van der Waals surface area contributed by atoms with Crippen LogP contribution in [0.1, 0.15) is 50.8 Å². The average Bonchev–Trinajstić information content (AvgIpc) is 2.71. The molecule has 0 spiro atoms. The number of rotatable bonds is 7. The molecule has 0 saturated carbocycles. The van der Waals surface area contributed by atoms with Gasteiger partial charge in [-0.25, -0.2) is 5.84 Å². The first-order valence-electron chi connectivity index (χ1n) is 10.7. The third kappa shape index (κ3) is 4.53. The lowest BCUT2D eigenvalue weighted by Crippen LogP contribution is -2.38. The van der Waals surface area contributed by atoms with E-state index in [9.17, 15) is 0 Å². The molecule has 2 aromatic carbocycles. The van der Waals surface area contributed by atoms with Crippen molar-refractivity contribution in [3.8, 4) is 0 Å². The largest absolute Gasteiger partial charge is 0.396 e. The standard InChI is InChI=1S/C25H35N5/c1-17(2)28-15-14-19(5)29-16-20-10-6-7-11-21(20)25(30(27)18(3)4)24(26)22-12-8-9-13-23(22)29/h6-13,17-18,28H,5,14-16,26-27H2,1-4H3/b25-24-. The Morgan fingerprint density at radius 1 is 1.07 bits per heavy atom. The Kier molecular flexibility index (Phi) is 6.85. The lowest BCUT2D eigenvalue weighted by atomic mass is 9.95. The van der Waals surface area contributed by atoms with Crippen LogP contribution in [0.15, 0.2) is 60.8 Å². The summed E-state index contributed by atoms with van der Waals surface area (Å²) >= 11 is 0. The summed E-state index contributed by atoms with van der Waals surface area (Å²) in [5.41, 5.74) is 13.7. The van der Waals surface area contributed by atoms with Crippen LogP contribution in [-0.4, -0.2) is 23.6 Å². The SMILES string of the molecule is C=C(CCNC(C)C)N1Cc2ccccc2/C(N(N)C(C)C)=C(/N)c2ccccc21. The van der Waals surface area contributed by atoms with Crippen LogP contribution < -0.4 is 21.8 Å². The maximum Gasteiger partial charge on any atom is 0.0832 e. The van der Waals surface area contributed by atoms with E-state index >= 15 is 0 Å². The van der Waals surface area contributed by atoms with Crippen molar-refractivity contribution in [2.75, 3.05) is 11.4 Å². The molecule has 1 heterocycles. The minimum Gasteiger partial charge on any atom is -0.396 e. The van der Waals surface area contributed by atoms with Crippen LogP contribution in [0.25, 0.3) is 11.4 Å². The zero-order chi connectivity index (χ0) is 21.8. The number of anilines is 1. The van der Waals surface area contributed by atoms with Crippen LogP contribution in [-0.2, 0) is 6.54 Å². The summed E-state index contributed by atoms with van der Waals surface area (Å²) in [6.07, 6.45) is 0.861. The number of hydrogen-bond acceptors (Lipinski definition) is 5. The van der Waals surface area contributed by atoms with E-state index in [1.54, 1.807) is 5.01 Å². The molecule has 160 valence electrons. The molecule has 0 amide bonds. The smallest absolute Gasteiger partial charge is 0.0832 e. The van der Waals surface area contributed by atoms with Gasteiger partial charge in [0.25, 0.3) is 0 Å². The van der Waals surface area contributed by atoms with Crippen LogP contribution in [0.2, 0.25) is 0 Å². The molecule has 5 heteroatoms. The zero-order valence-electron chi connectivity index (χ0n) is 18.7. The molecule has 0 bridgehead atoms. The highest BCUT2D eigenvalue weighted by Crippen LogP contribution is 2.38. The van der Waals surface area contributed by atoms with Gasteiger partial charge in [0.1, 0.15) is 0 Å². The van der Waals surface area contributed by atoms with Crippen LogP contribution in [0.4, 0.5) is 5.69 Å². The summed E-state index contributed by atoms with van der Waals surface area (Å²) in [5.74, 6) is 6.52. The molecular weight excluding hydrogens is 370 g/mol. The number of nitrogens with one attached hydrogen (secondary N) is 1. The van der Waals surface area contributed by atoms with Crippen LogP contribution >= 0.6 is 0 Å². The van der Waals surface area contributed by atoms with Gasteiger partial charge < -0.3 is 21.0 Å². The van der Waals surface area contributed by atoms with E-state index in [1.807, 2.05) is 12.1 Å². The van der Waals surface area contributed by atoms with Crippen LogP contribution in [0, 0.1) is 0 Å². The minimum atomic E-state index is 0.117. The van der Waals surface area contributed by atoms with E-state index in [0.29, 0.717) is 11.7 Å². The summed E-state index contributed by atoms with van der Waals surface area (Å²) in [4.78, 5) is 2.29. The van der Waals surface area contributed by atoms with Gasteiger partial charge in [0.15, 0.2) is 0 Å². The molecule has 30 heavy (non-hydrogen) atoms. The Labute approximate surface area is 181 Å².